The molecule has 0 saturated heterocycles. The van der Waals surface area contributed by atoms with Crippen LogP contribution >= 0.6 is 0 Å². The standard InChI is InChI=1S/C22H13F12N3/c23-19(24,25)11-6-8-13(21(29,30)31)17(15(11)35)37(10-4-2-1-3-5-10)18-14(22(32,33)34)9-7-12(16(18)36)20(26,27)28/h1-9H,35-36H2. The van der Waals surface area contributed by atoms with E-state index in [1.54, 1.807) is 0 Å². The van der Waals surface area contributed by atoms with Gasteiger partial charge in [-0.1, -0.05) is 18.2 Å². The van der Waals surface area contributed by atoms with Crippen LogP contribution in [0.25, 0.3) is 0 Å². The zero-order valence-corrected chi connectivity index (χ0v) is 17.8. The normalized spacial score (nSPS) is 13.1. The molecule has 0 aliphatic rings. The van der Waals surface area contributed by atoms with E-state index >= 15 is 0 Å². The van der Waals surface area contributed by atoms with Crippen LogP contribution in [-0.2, 0) is 24.7 Å². The Bertz CT molecular complexity index is 1210. The Morgan fingerprint density at radius 1 is 0.432 bits per heavy atom. The van der Waals surface area contributed by atoms with Gasteiger partial charge in [0.2, 0.25) is 0 Å². The third-order valence-corrected chi connectivity index (χ3v) is 5.12. The van der Waals surface area contributed by atoms with E-state index in [0.29, 0.717) is 0 Å². The summed E-state index contributed by atoms with van der Waals surface area (Å²) in [6.45, 7) is 0. The van der Waals surface area contributed by atoms with Crippen molar-refractivity contribution in [3.63, 3.8) is 0 Å². The molecule has 0 spiro atoms. The number of nitrogens with zero attached hydrogens (tertiary/aromatic N) is 1. The quantitative estimate of drug-likeness (QED) is 0.256. The molecule has 37 heavy (non-hydrogen) atoms. The van der Waals surface area contributed by atoms with Gasteiger partial charge in [0, 0.05) is 5.69 Å². The average molecular weight is 547 g/mol. The molecular weight excluding hydrogens is 534 g/mol. The highest BCUT2D eigenvalue weighted by Gasteiger charge is 2.46. The molecule has 0 aliphatic heterocycles. The number of hydrogen-bond donors (Lipinski definition) is 2. The molecule has 0 radical (unpaired) electrons. The zero-order valence-electron chi connectivity index (χ0n) is 17.8. The van der Waals surface area contributed by atoms with Crippen molar-refractivity contribution < 1.29 is 52.7 Å². The Kier molecular flexibility index (Phi) is 6.73. The number of anilines is 5. The highest BCUT2D eigenvalue weighted by Crippen LogP contribution is 2.54. The van der Waals surface area contributed by atoms with Crippen LogP contribution in [0.5, 0.6) is 0 Å². The van der Waals surface area contributed by atoms with Gasteiger partial charge in [0.15, 0.2) is 0 Å². The van der Waals surface area contributed by atoms with Gasteiger partial charge in [-0.3, -0.25) is 0 Å². The largest absolute Gasteiger partial charge is 0.418 e. The highest BCUT2D eigenvalue weighted by molar-refractivity contribution is 5.94. The van der Waals surface area contributed by atoms with Crippen LogP contribution in [0.15, 0.2) is 54.6 Å². The van der Waals surface area contributed by atoms with E-state index < -0.39 is 75.4 Å². The molecule has 3 aromatic rings. The second-order valence-corrected chi connectivity index (χ2v) is 7.51. The molecule has 0 atom stereocenters. The Hall–Kier alpha value is -3.78. The van der Waals surface area contributed by atoms with Crippen LogP contribution in [0.4, 0.5) is 81.1 Å². The van der Waals surface area contributed by atoms with Gasteiger partial charge in [0.25, 0.3) is 0 Å². The fraction of sp³-hybridized carbons (Fsp3) is 0.182. The van der Waals surface area contributed by atoms with Gasteiger partial charge >= 0.3 is 24.7 Å². The predicted molar refractivity (Wildman–Crippen MR) is 110 cm³/mol. The van der Waals surface area contributed by atoms with E-state index in [1.807, 2.05) is 0 Å². The van der Waals surface area contributed by atoms with Crippen LogP contribution in [0.3, 0.4) is 0 Å². The maximum atomic E-state index is 14.0. The summed E-state index contributed by atoms with van der Waals surface area (Å²) in [5.74, 6) is 0. The lowest BCUT2D eigenvalue weighted by atomic mass is 9.98. The molecule has 3 aromatic carbocycles. The molecule has 200 valence electrons. The van der Waals surface area contributed by atoms with Crippen LogP contribution in [0.1, 0.15) is 22.3 Å². The molecule has 0 bridgehead atoms. The van der Waals surface area contributed by atoms with Gasteiger partial charge in [0.05, 0.1) is 45.0 Å². The smallest absolute Gasteiger partial charge is 0.397 e. The number of rotatable bonds is 3. The Labute approximate surface area is 199 Å². The third-order valence-electron chi connectivity index (χ3n) is 5.12. The van der Waals surface area contributed by atoms with Crippen molar-refractivity contribution in [3.05, 3.63) is 76.9 Å². The summed E-state index contributed by atoms with van der Waals surface area (Å²) in [4.78, 5) is -0.0964. The van der Waals surface area contributed by atoms with Crippen molar-refractivity contribution in [1.29, 1.82) is 0 Å². The van der Waals surface area contributed by atoms with Crippen molar-refractivity contribution in [3.8, 4) is 0 Å². The average Bonchev–Trinajstić information content (AvgIpc) is 2.73. The first-order valence-electron chi connectivity index (χ1n) is 9.75. The monoisotopic (exact) mass is 547 g/mol. The highest BCUT2D eigenvalue weighted by atomic mass is 19.4. The SMILES string of the molecule is Nc1c(C(F)(F)F)ccc(C(F)(F)F)c1N(c1ccccc1)c1c(C(F)(F)F)ccc(C(F)(F)F)c1N. The minimum atomic E-state index is -5.50. The van der Waals surface area contributed by atoms with Crippen LogP contribution in [0, 0.1) is 0 Å². The molecule has 0 heterocycles. The number of nitrogens with two attached hydrogens (primary N) is 2. The van der Waals surface area contributed by atoms with Crippen molar-refractivity contribution in [2.24, 2.45) is 0 Å². The van der Waals surface area contributed by atoms with Crippen molar-refractivity contribution in [2.75, 3.05) is 16.4 Å². The first-order valence-corrected chi connectivity index (χ1v) is 9.75. The van der Waals surface area contributed by atoms with E-state index in [2.05, 4.69) is 0 Å². The van der Waals surface area contributed by atoms with Crippen molar-refractivity contribution in [2.45, 2.75) is 24.7 Å². The first-order chi connectivity index (χ1) is 16.8. The number of para-hydroxylation sites is 1. The first kappa shape index (κ1) is 27.8. The second kappa shape index (κ2) is 8.95. The number of nitrogen functional groups attached to an aromatic ring is 2. The molecule has 3 nitrogen and oxygen atoms in total. The van der Waals surface area contributed by atoms with Gasteiger partial charge in [-0.2, -0.15) is 52.7 Å². The van der Waals surface area contributed by atoms with Crippen LogP contribution < -0.4 is 16.4 Å². The molecule has 0 unspecified atom stereocenters. The molecule has 0 aromatic heterocycles. The van der Waals surface area contributed by atoms with E-state index in [1.165, 1.54) is 6.07 Å². The lowest BCUT2D eigenvalue weighted by molar-refractivity contribution is -0.140. The minimum Gasteiger partial charge on any atom is -0.397 e. The van der Waals surface area contributed by atoms with Gasteiger partial charge in [0.1, 0.15) is 0 Å². The summed E-state index contributed by atoms with van der Waals surface area (Å²) >= 11 is 0. The van der Waals surface area contributed by atoms with E-state index in [9.17, 15) is 52.7 Å². The topological polar surface area (TPSA) is 55.3 Å². The lowest BCUT2D eigenvalue weighted by Crippen LogP contribution is -2.25. The third kappa shape index (κ3) is 5.34. The maximum Gasteiger partial charge on any atom is 0.418 e. The number of hydrogen-bond acceptors (Lipinski definition) is 3. The molecule has 0 amide bonds. The maximum absolute atomic E-state index is 14.0. The number of halogens is 12. The van der Waals surface area contributed by atoms with E-state index in [-0.39, 0.29) is 29.2 Å². The van der Waals surface area contributed by atoms with E-state index in [0.717, 1.165) is 24.3 Å². The summed E-state index contributed by atoms with van der Waals surface area (Å²) in [5, 5.41) is 0. The Morgan fingerprint density at radius 2 is 0.730 bits per heavy atom. The Morgan fingerprint density at radius 3 is 1.03 bits per heavy atom. The van der Waals surface area contributed by atoms with Gasteiger partial charge < -0.3 is 16.4 Å². The fourth-order valence-corrected chi connectivity index (χ4v) is 3.60. The summed E-state index contributed by atoms with van der Waals surface area (Å²) in [5.41, 5.74) is -4.13. The molecule has 4 N–H and O–H groups in total. The van der Waals surface area contributed by atoms with E-state index in [4.69, 9.17) is 11.5 Å². The van der Waals surface area contributed by atoms with Crippen molar-refractivity contribution in [1.82, 2.24) is 0 Å². The summed E-state index contributed by atoms with van der Waals surface area (Å²) in [6, 6.07) is 4.90. The number of alkyl halides is 12. The molecule has 3 rings (SSSR count). The summed E-state index contributed by atoms with van der Waals surface area (Å²) in [6.07, 6.45) is -21.8. The molecule has 0 aliphatic carbocycles. The van der Waals surface area contributed by atoms with Crippen LogP contribution in [-0.4, -0.2) is 0 Å². The molecule has 15 heteroatoms. The molecule has 0 saturated carbocycles. The van der Waals surface area contributed by atoms with Gasteiger partial charge in [-0.15, -0.1) is 0 Å². The second-order valence-electron chi connectivity index (χ2n) is 7.51. The lowest BCUT2D eigenvalue weighted by Gasteiger charge is -2.33. The molecular formula is C22H13F12N3. The van der Waals surface area contributed by atoms with Crippen molar-refractivity contribution >= 4 is 28.4 Å². The summed E-state index contributed by atoms with van der Waals surface area (Å²) < 4.78 is 165. The Balaban J connectivity index is 2.63. The fourth-order valence-electron chi connectivity index (χ4n) is 3.60. The van der Waals surface area contributed by atoms with Crippen LogP contribution in [0.2, 0.25) is 0 Å². The zero-order chi connectivity index (χ0) is 28.1. The summed E-state index contributed by atoms with van der Waals surface area (Å²) in [7, 11) is 0. The minimum absolute atomic E-state index is 0.0367. The van der Waals surface area contributed by atoms with Gasteiger partial charge in [-0.25, -0.2) is 0 Å². The predicted octanol–water partition coefficient (Wildman–Crippen LogP) is 8.40. The van der Waals surface area contributed by atoms with Gasteiger partial charge in [-0.05, 0) is 36.4 Å². The number of benzene rings is 3. The molecule has 0 fully saturated rings.